The number of amides is 1. The summed E-state index contributed by atoms with van der Waals surface area (Å²) in [6, 6.07) is 21.6. The summed E-state index contributed by atoms with van der Waals surface area (Å²) in [4.78, 5) is 24.2. The SMILES string of the molecule is CCN(C(=O)c1cc(NC2CC2)nc(-c2ccccc2)n1)c1ccccc1. The number of anilines is 2. The van der Waals surface area contributed by atoms with Gasteiger partial charge in [-0.05, 0) is 31.9 Å². The average molecular weight is 358 g/mol. The quantitative estimate of drug-likeness (QED) is 0.710. The second-order valence-electron chi connectivity index (χ2n) is 6.63. The van der Waals surface area contributed by atoms with E-state index in [0.29, 0.717) is 29.9 Å². The lowest BCUT2D eigenvalue weighted by Gasteiger charge is -2.21. The van der Waals surface area contributed by atoms with Gasteiger partial charge in [-0.3, -0.25) is 4.79 Å². The van der Waals surface area contributed by atoms with Gasteiger partial charge in [0.15, 0.2) is 5.82 Å². The number of aromatic nitrogens is 2. The molecule has 0 spiro atoms. The molecular weight excluding hydrogens is 336 g/mol. The largest absolute Gasteiger partial charge is 0.367 e. The molecule has 3 aromatic rings. The fourth-order valence-electron chi connectivity index (χ4n) is 2.97. The summed E-state index contributed by atoms with van der Waals surface area (Å²) in [7, 11) is 0. The topological polar surface area (TPSA) is 58.1 Å². The summed E-state index contributed by atoms with van der Waals surface area (Å²) in [5, 5.41) is 3.40. The molecule has 1 N–H and O–H groups in total. The Bertz CT molecular complexity index is 924. The number of nitrogens with zero attached hydrogens (tertiary/aromatic N) is 3. The number of hydrogen-bond acceptors (Lipinski definition) is 4. The van der Waals surface area contributed by atoms with Gasteiger partial charge in [-0.2, -0.15) is 0 Å². The Morgan fingerprint density at radius 1 is 1.04 bits per heavy atom. The summed E-state index contributed by atoms with van der Waals surface area (Å²) in [6.45, 7) is 2.53. The molecule has 1 aliphatic rings. The van der Waals surface area contributed by atoms with Crippen molar-refractivity contribution in [1.29, 1.82) is 0 Å². The van der Waals surface area contributed by atoms with Crippen LogP contribution in [-0.4, -0.2) is 28.5 Å². The maximum Gasteiger partial charge on any atom is 0.277 e. The molecule has 0 unspecified atom stereocenters. The number of carbonyl (C=O) groups excluding carboxylic acids is 1. The minimum atomic E-state index is -0.123. The van der Waals surface area contributed by atoms with Crippen molar-refractivity contribution in [2.75, 3.05) is 16.8 Å². The lowest BCUT2D eigenvalue weighted by molar-refractivity contribution is 0.0983. The first-order valence-electron chi connectivity index (χ1n) is 9.32. The van der Waals surface area contributed by atoms with Crippen LogP contribution in [0.1, 0.15) is 30.3 Å². The van der Waals surface area contributed by atoms with E-state index in [-0.39, 0.29) is 5.91 Å². The van der Waals surface area contributed by atoms with Crippen LogP contribution in [0.5, 0.6) is 0 Å². The molecule has 1 heterocycles. The fourth-order valence-corrected chi connectivity index (χ4v) is 2.97. The molecule has 0 aliphatic heterocycles. The first-order chi connectivity index (χ1) is 13.2. The highest BCUT2D eigenvalue weighted by atomic mass is 16.2. The van der Waals surface area contributed by atoms with Crippen LogP contribution in [0.2, 0.25) is 0 Å². The third kappa shape index (κ3) is 3.97. The lowest BCUT2D eigenvalue weighted by atomic mass is 10.2. The second-order valence-corrected chi connectivity index (χ2v) is 6.63. The summed E-state index contributed by atoms with van der Waals surface area (Å²) < 4.78 is 0. The van der Waals surface area contributed by atoms with Crippen molar-refractivity contribution in [2.45, 2.75) is 25.8 Å². The number of para-hydroxylation sites is 1. The Labute approximate surface area is 159 Å². The van der Waals surface area contributed by atoms with Crippen LogP contribution < -0.4 is 10.2 Å². The average Bonchev–Trinajstić information content (AvgIpc) is 3.54. The van der Waals surface area contributed by atoms with E-state index in [1.165, 1.54) is 0 Å². The number of benzene rings is 2. The molecule has 0 atom stereocenters. The first kappa shape index (κ1) is 17.2. The highest BCUT2D eigenvalue weighted by molar-refractivity contribution is 6.05. The number of carbonyl (C=O) groups is 1. The monoisotopic (exact) mass is 358 g/mol. The summed E-state index contributed by atoms with van der Waals surface area (Å²) >= 11 is 0. The van der Waals surface area contributed by atoms with E-state index in [9.17, 15) is 4.79 Å². The summed E-state index contributed by atoms with van der Waals surface area (Å²) in [5.74, 6) is 1.15. The molecule has 2 aromatic carbocycles. The second kappa shape index (κ2) is 7.58. The third-order valence-electron chi connectivity index (χ3n) is 4.54. The lowest BCUT2D eigenvalue weighted by Crippen LogP contribution is -2.31. The van der Waals surface area contributed by atoms with Gasteiger partial charge in [0.25, 0.3) is 5.91 Å². The van der Waals surface area contributed by atoms with Crippen molar-refractivity contribution < 1.29 is 4.79 Å². The van der Waals surface area contributed by atoms with Gasteiger partial charge in [0, 0.05) is 29.9 Å². The molecule has 0 bridgehead atoms. The zero-order valence-corrected chi connectivity index (χ0v) is 15.3. The standard InChI is InChI=1S/C22H22N4O/c1-2-26(18-11-7-4-8-12-18)22(27)19-15-20(23-17-13-14-17)25-21(24-19)16-9-5-3-6-10-16/h3-12,15,17H,2,13-14H2,1H3,(H,23,24,25). The molecule has 0 radical (unpaired) electrons. The highest BCUT2D eigenvalue weighted by Crippen LogP contribution is 2.26. The maximum atomic E-state index is 13.2. The highest BCUT2D eigenvalue weighted by Gasteiger charge is 2.24. The third-order valence-corrected chi connectivity index (χ3v) is 4.54. The predicted molar refractivity (Wildman–Crippen MR) is 108 cm³/mol. The molecule has 1 fully saturated rings. The van der Waals surface area contributed by atoms with E-state index in [1.54, 1.807) is 11.0 Å². The van der Waals surface area contributed by atoms with E-state index in [0.717, 1.165) is 24.1 Å². The van der Waals surface area contributed by atoms with Gasteiger partial charge >= 0.3 is 0 Å². The Kier molecular flexibility index (Phi) is 4.83. The van der Waals surface area contributed by atoms with Crippen LogP contribution >= 0.6 is 0 Å². The Morgan fingerprint density at radius 2 is 1.70 bits per heavy atom. The van der Waals surface area contributed by atoms with Gasteiger partial charge in [-0.15, -0.1) is 0 Å². The van der Waals surface area contributed by atoms with E-state index in [1.807, 2.05) is 67.6 Å². The van der Waals surface area contributed by atoms with Crippen molar-refractivity contribution in [3.8, 4) is 11.4 Å². The predicted octanol–water partition coefficient (Wildman–Crippen LogP) is 4.38. The van der Waals surface area contributed by atoms with E-state index in [4.69, 9.17) is 0 Å². The van der Waals surface area contributed by atoms with Gasteiger partial charge in [-0.25, -0.2) is 9.97 Å². The zero-order valence-electron chi connectivity index (χ0n) is 15.3. The number of nitrogens with one attached hydrogen (secondary N) is 1. The molecule has 136 valence electrons. The van der Waals surface area contributed by atoms with Crippen molar-refractivity contribution >= 4 is 17.4 Å². The van der Waals surface area contributed by atoms with Crippen molar-refractivity contribution in [3.63, 3.8) is 0 Å². The molecule has 5 heteroatoms. The van der Waals surface area contributed by atoms with Crippen LogP contribution in [0.3, 0.4) is 0 Å². The van der Waals surface area contributed by atoms with Crippen LogP contribution in [-0.2, 0) is 0 Å². The molecule has 1 aromatic heterocycles. The smallest absolute Gasteiger partial charge is 0.277 e. The van der Waals surface area contributed by atoms with Crippen LogP contribution in [0.15, 0.2) is 66.7 Å². The van der Waals surface area contributed by atoms with Gasteiger partial charge in [0.05, 0.1) is 0 Å². The van der Waals surface area contributed by atoms with Crippen molar-refractivity contribution in [1.82, 2.24) is 9.97 Å². The normalized spacial score (nSPS) is 13.2. The molecule has 1 saturated carbocycles. The zero-order chi connectivity index (χ0) is 18.6. The first-order valence-corrected chi connectivity index (χ1v) is 9.32. The Hall–Kier alpha value is -3.21. The minimum absolute atomic E-state index is 0.123. The molecule has 1 amide bonds. The summed E-state index contributed by atoms with van der Waals surface area (Å²) in [6.07, 6.45) is 2.28. The van der Waals surface area contributed by atoms with E-state index in [2.05, 4.69) is 15.3 Å². The van der Waals surface area contributed by atoms with Crippen LogP contribution in [0, 0.1) is 0 Å². The molecule has 1 aliphatic carbocycles. The van der Waals surface area contributed by atoms with Crippen molar-refractivity contribution in [3.05, 3.63) is 72.4 Å². The Balaban J connectivity index is 1.73. The number of hydrogen-bond donors (Lipinski definition) is 1. The van der Waals surface area contributed by atoms with Crippen LogP contribution in [0.4, 0.5) is 11.5 Å². The van der Waals surface area contributed by atoms with E-state index < -0.39 is 0 Å². The fraction of sp³-hybridized carbons (Fsp3) is 0.227. The molecule has 27 heavy (non-hydrogen) atoms. The van der Waals surface area contributed by atoms with Gasteiger partial charge in [-0.1, -0.05) is 48.5 Å². The maximum absolute atomic E-state index is 13.2. The molecule has 0 saturated heterocycles. The van der Waals surface area contributed by atoms with Gasteiger partial charge < -0.3 is 10.2 Å². The van der Waals surface area contributed by atoms with Gasteiger partial charge in [0.1, 0.15) is 11.5 Å². The van der Waals surface area contributed by atoms with Crippen LogP contribution in [0.25, 0.3) is 11.4 Å². The Morgan fingerprint density at radius 3 is 2.33 bits per heavy atom. The van der Waals surface area contributed by atoms with Crippen molar-refractivity contribution in [2.24, 2.45) is 0 Å². The number of rotatable bonds is 6. The van der Waals surface area contributed by atoms with Gasteiger partial charge in [0.2, 0.25) is 0 Å². The molecule has 5 nitrogen and oxygen atoms in total. The molecular formula is C22H22N4O. The molecule has 4 rings (SSSR count). The minimum Gasteiger partial charge on any atom is -0.367 e. The van der Waals surface area contributed by atoms with E-state index >= 15 is 0 Å². The summed E-state index contributed by atoms with van der Waals surface area (Å²) in [5.41, 5.74) is 2.16.